The number of aromatic nitrogens is 3. The van der Waals surface area contributed by atoms with Crippen molar-refractivity contribution in [3.8, 4) is 17.6 Å². The minimum Gasteiger partial charge on any atom is -0.389 e. The van der Waals surface area contributed by atoms with E-state index in [9.17, 15) is 10.1 Å². The van der Waals surface area contributed by atoms with Crippen molar-refractivity contribution in [3.05, 3.63) is 46.7 Å². The number of nitrogens with two attached hydrogens (primary N) is 1. The molecule has 2 aliphatic carbocycles. The van der Waals surface area contributed by atoms with Crippen molar-refractivity contribution in [1.82, 2.24) is 24.9 Å². The molecule has 3 fully saturated rings. The maximum absolute atomic E-state index is 12.6. The number of amides is 1. The van der Waals surface area contributed by atoms with E-state index in [0.29, 0.717) is 47.1 Å². The Morgan fingerprint density at radius 1 is 1.11 bits per heavy atom. The summed E-state index contributed by atoms with van der Waals surface area (Å²) in [7, 11) is 0. The third kappa shape index (κ3) is 5.67. The first-order valence-corrected chi connectivity index (χ1v) is 17.9. The summed E-state index contributed by atoms with van der Waals surface area (Å²) in [5.41, 5.74) is 8.82. The van der Waals surface area contributed by atoms with Gasteiger partial charge in [0.05, 0.1) is 11.0 Å². The van der Waals surface area contributed by atoms with Crippen molar-refractivity contribution < 1.29 is 9.32 Å². The van der Waals surface area contributed by atoms with Gasteiger partial charge in [0.15, 0.2) is 0 Å². The van der Waals surface area contributed by atoms with Crippen LogP contribution < -0.4 is 15.5 Å². The molecule has 3 atom stereocenters. The highest BCUT2D eigenvalue weighted by Crippen LogP contribution is 2.48. The van der Waals surface area contributed by atoms with Gasteiger partial charge in [0.1, 0.15) is 22.6 Å². The van der Waals surface area contributed by atoms with Gasteiger partial charge in [-0.2, -0.15) is 10.2 Å². The molecule has 2 aliphatic heterocycles. The van der Waals surface area contributed by atoms with Crippen molar-refractivity contribution in [3.63, 3.8) is 0 Å². The van der Waals surface area contributed by atoms with Gasteiger partial charge in [0, 0.05) is 79.6 Å². The van der Waals surface area contributed by atoms with Gasteiger partial charge in [0.2, 0.25) is 17.6 Å². The van der Waals surface area contributed by atoms with Crippen LogP contribution in [-0.4, -0.2) is 88.2 Å². The van der Waals surface area contributed by atoms with E-state index >= 15 is 0 Å². The zero-order chi connectivity index (χ0) is 32.9. The van der Waals surface area contributed by atoms with Crippen LogP contribution in [0.15, 0.2) is 29.3 Å². The average molecular weight is 656 g/mol. The highest BCUT2D eigenvalue weighted by molar-refractivity contribution is 7.16. The number of hydrogen-bond donors (Lipinski definition) is 1. The average Bonchev–Trinajstić information content (AvgIpc) is 3.85. The monoisotopic (exact) mass is 655 g/mol. The Bertz CT molecular complexity index is 1680. The first kappa shape index (κ1) is 31.6. The summed E-state index contributed by atoms with van der Waals surface area (Å²) in [6.45, 7) is 15.2. The van der Waals surface area contributed by atoms with Gasteiger partial charge in [-0.05, 0) is 65.0 Å². The third-order valence-electron chi connectivity index (χ3n) is 10.9. The number of anilines is 3. The molecule has 2 saturated heterocycles. The molecule has 11 nitrogen and oxygen atoms in total. The number of thiophene rings is 1. The summed E-state index contributed by atoms with van der Waals surface area (Å²) in [5.74, 6) is 1.79. The van der Waals surface area contributed by atoms with Crippen molar-refractivity contribution >= 4 is 33.8 Å². The lowest BCUT2D eigenvalue weighted by Gasteiger charge is -2.45. The number of rotatable bonds is 6. The van der Waals surface area contributed by atoms with Crippen LogP contribution in [0.2, 0.25) is 0 Å². The van der Waals surface area contributed by atoms with Gasteiger partial charge in [0.25, 0.3) is 0 Å². The van der Waals surface area contributed by atoms with E-state index in [1.807, 2.05) is 4.90 Å². The number of hydrogen-bond acceptors (Lipinski definition) is 11. The number of nitriles is 1. The van der Waals surface area contributed by atoms with Crippen LogP contribution in [0.1, 0.15) is 81.2 Å². The van der Waals surface area contributed by atoms with Gasteiger partial charge in [-0.1, -0.05) is 24.6 Å². The molecule has 0 radical (unpaired) electrons. The van der Waals surface area contributed by atoms with Crippen molar-refractivity contribution in [2.75, 3.05) is 54.8 Å². The molecule has 4 aliphatic rings. The summed E-state index contributed by atoms with van der Waals surface area (Å²) in [6, 6.07) is 7.32. The SMILES string of the molecule is C=CC(=O)N1[C@H](C)CN(c2cc(-c3noc(C4(C)CCCc5sc(N)c(C#N)c54)n3)nc(N3CCN(C4CCCC4)CC3)c2)C[C@@H]1C. The number of carbonyl (C=O) groups is 1. The minimum absolute atomic E-state index is 0.0175. The van der Waals surface area contributed by atoms with Gasteiger partial charge in [-0.3, -0.25) is 9.69 Å². The van der Waals surface area contributed by atoms with E-state index in [1.54, 1.807) is 0 Å². The van der Waals surface area contributed by atoms with Gasteiger partial charge < -0.3 is 25.0 Å². The Labute approximate surface area is 281 Å². The summed E-state index contributed by atoms with van der Waals surface area (Å²) in [4.78, 5) is 33.2. The summed E-state index contributed by atoms with van der Waals surface area (Å²) in [5, 5.41) is 15.0. The van der Waals surface area contributed by atoms with Crippen molar-refractivity contribution in [2.24, 2.45) is 0 Å². The van der Waals surface area contributed by atoms with E-state index in [0.717, 1.165) is 67.4 Å². The first-order chi connectivity index (χ1) is 22.7. The van der Waals surface area contributed by atoms with Crippen LogP contribution >= 0.6 is 11.3 Å². The van der Waals surface area contributed by atoms with Gasteiger partial charge >= 0.3 is 0 Å². The Hall–Kier alpha value is -3.95. The number of fused-ring (bicyclic) bond motifs is 1. The smallest absolute Gasteiger partial charge is 0.246 e. The van der Waals surface area contributed by atoms with Crippen LogP contribution in [-0.2, 0) is 16.6 Å². The summed E-state index contributed by atoms with van der Waals surface area (Å²) < 4.78 is 6.02. The Kier molecular flexibility index (Phi) is 8.47. The lowest BCUT2D eigenvalue weighted by atomic mass is 9.72. The van der Waals surface area contributed by atoms with E-state index in [2.05, 4.69) is 65.4 Å². The Morgan fingerprint density at radius 2 is 1.83 bits per heavy atom. The van der Waals surface area contributed by atoms with E-state index in [-0.39, 0.29) is 18.0 Å². The minimum atomic E-state index is -0.603. The number of carbonyl (C=O) groups excluding carboxylic acids is 1. The topological polar surface area (TPSA) is 132 Å². The maximum Gasteiger partial charge on any atom is 0.246 e. The molecular formula is C35H45N9O2S. The van der Waals surface area contributed by atoms with Gasteiger partial charge in [-0.25, -0.2) is 4.98 Å². The van der Waals surface area contributed by atoms with E-state index in [1.165, 1.54) is 43.1 Å². The quantitative estimate of drug-likeness (QED) is 0.363. The van der Waals surface area contributed by atoms with Crippen LogP contribution in [0.4, 0.5) is 16.5 Å². The van der Waals surface area contributed by atoms with Gasteiger partial charge in [-0.15, -0.1) is 11.3 Å². The highest BCUT2D eigenvalue weighted by Gasteiger charge is 2.43. The van der Waals surface area contributed by atoms with Crippen molar-refractivity contribution in [2.45, 2.75) is 89.3 Å². The highest BCUT2D eigenvalue weighted by atomic mass is 32.1. The molecular weight excluding hydrogens is 611 g/mol. The van der Waals surface area contributed by atoms with Crippen LogP contribution in [0, 0.1) is 11.3 Å². The maximum atomic E-state index is 12.6. The molecule has 7 rings (SSSR count). The number of nitrogen functional groups attached to an aromatic ring is 1. The fraction of sp³-hybridized carbons (Fsp3) is 0.571. The molecule has 1 unspecified atom stereocenters. The molecule has 3 aromatic heterocycles. The van der Waals surface area contributed by atoms with Crippen molar-refractivity contribution in [1.29, 1.82) is 5.26 Å². The largest absolute Gasteiger partial charge is 0.389 e. The second-order valence-corrected chi connectivity index (χ2v) is 15.1. The first-order valence-electron chi connectivity index (χ1n) is 17.1. The molecule has 248 valence electrons. The van der Waals surface area contributed by atoms with Crippen LogP contribution in [0.25, 0.3) is 11.5 Å². The summed E-state index contributed by atoms with van der Waals surface area (Å²) >= 11 is 1.50. The number of aryl methyl sites for hydroxylation is 1. The zero-order valence-electron chi connectivity index (χ0n) is 27.7. The van der Waals surface area contributed by atoms with E-state index in [4.69, 9.17) is 20.2 Å². The fourth-order valence-electron chi connectivity index (χ4n) is 8.48. The third-order valence-corrected chi connectivity index (χ3v) is 11.9. The Morgan fingerprint density at radius 3 is 2.51 bits per heavy atom. The summed E-state index contributed by atoms with van der Waals surface area (Å²) in [6.07, 6.45) is 9.34. The molecule has 12 heteroatoms. The molecule has 2 N–H and O–H groups in total. The molecule has 0 bridgehead atoms. The molecule has 1 saturated carbocycles. The van der Waals surface area contributed by atoms with E-state index < -0.39 is 5.41 Å². The number of nitrogens with zero attached hydrogens (tertiary/aromatic N) is 8. The molecule has 1 amide bonds. The predicted octanol–water partition coefficient (Wildman–Crippen LogP) is 4.97. The zero-order valence-corrected chi connectivity index (χ0v) is 28.6. The fourth-order valence-corrected chi connectivity index (χ4v) is 9.67. The second kappa shape index (κ2) is 12.6. The molecule has 3 aromatic rings. The molecule has 47 heavy (non-hydrogen) atoms. The molecule has 0 aromatic carbocycles. The lowest BCUT2D eigenvalue weighted by molar-refractivity contribution is -0.130. The predicted molar refractivity (Wildman–Crippen MR) is 185 cm³/mol. The standard InChI is InChI=1S/C35H45N9O2S/c1-5-30(45)44-22(2)20-43(21-23(44)3)25-17-27(38-29(18-25)42-15-13-41(14-16-42)24-9-6-7-10-24)33-39-34(46-40-33)35(4)12-8-11-28-31(35)26(19-36)32(37)47-28/h5,17-18,22-24H,1,6-16,20-21,37H2,2-4H3/t22-,23+,35?. The lowest BCUT2D eigenvalue weighted by Crippen LogP contribution is -2.58. The van der Waals surface area contributed by atoms with Crippen LogP contribution in [0.3, 0.4) is 0 Å². The second-order valence-electron chi connectivity index (χ2n) is 13.9. The Balaban J connectivity index is 1.23. The normalized spacial score (nSPS) is 25.5. The number of piperazine rings is 2. The molecule has 5 heterocycles. The number of pyridine rings is 1. The van der Waals surface area contributed by atoms with Crippen LogP contribution in [0.5, 0.6) is 0 Å². The molecule has 0 spiro atoms.